The third kappa shape index (κ3) is 5.29. The first kappa shape index (κ1) is 19.4. The van der Waals surface area contributed by atoms with E-state index in [1.165, 1.54) is 11.3 Å². The van der Waals surface area contributed by atoms with Gasteiger partial charge in [-0.3, -0.25) is 14.9 Å². The fraction of sp³-hybridized carbons (Fsp3) is 0.105. The summed E-state index contributed by atoms with van der Waals surface area (Å²) >= 11 is 13.3. The molecular formula is C19H14Cl2N2O3S. The summed E-state index contributed by atoms with van der Waals surface area (Å²) in [4.78, 5) is 28.2. The number of hydrogen-bond donors (Lipinski definition) is 1. The second-order valence-corrected chi connectivity index (χ2v) is 7.48. The van der Waals surface area contributed by atoms with E-state index in [1.807, 2.05) is 6.07 Å². The van der Waals surface area contributed by atoms with Crippen LogP contribution in [0.15, 0.2) is 48.7 Å². The number of nitrogens with zero attached hydrogens (tertiary/aromatic N) is 1. The van der Waals surface area contributed by atoms with Crippen molar-refractivity contribution in [2.75, 3.05) is 11.9 Å². The largest absolute Gasteiger partial charge is 0.483 e. The summed E-state index contributed by atoms with van der Waals surface area (Å²) in [7, 11) is 0. The third-order valence-electron chi connectivity index (χ3n) is 3.57. The van der Waals surface area contributed by atoms with Gasteiger partial charge in [-0.2, -0.15) is 0 Å². The Morgan fingerprint density at radius 2 is 2.00 bits per heavy atom. The molecule has 2 aromatic carbocycles. The predicted molar refractivity (Wildman–Crippen MR) is 107 cm³/mol. The highest BCUT2D eigenvalue weighted by molar-refractivity contribution is 7.15. The number of rotatable bonds is 7. The predicted octanol–water partition coefficient (Wildman–Crippen LogP) is 4.87. The van der Waals surface area contributed by atoms with Crippen LogP contribution < -0.4 is 10.1 Å². The first-order chi connectivity index (χ1) is 13.0. The lowest BCUT2D eigenvalue weighted by molar-refractivity contribution is -0.118. The molecule has 0 saturated carbocycles. The molecule has 0 unspecified atom stereocenters. The van der Waals surface area contributed by atoms with E-state index >= 15 is 0 Å². The molecule has 0 spiro atoms. The van der Waals surface area contributed by atoms with Crippen LogP contribution in [0.4, 0.5) is 5.13 Å². The summed E-state index contributed by atoms with van der Waals surface area (Å²) < 4.78 is 5.40. The average Bonchev–Trinajstić information content (AvgIpc) is 3.10. The minimum atomic E-state index is -0.355. The van der Waals surface area contributed by atoms with Crippen LogP contribution in [0.3, 0.4) is 0 Å². The third-order valence-corrected chi connectivity index (χ3v) is 5.22. The van der Waals surface area contributed by atoms with Crippen molar-refractivity contribution in [2.45, 2.75) is 6.42 Å². The van der Waals surface area contributed by atoms with E-state index in [0.29, 0.717) is 39.2 Å². The van der Waals surface area contributed by atoms with Gasteiger partial charge in [0.1, 0.15) is 5.75 Å². The fourth-order valence-electron chi connectivity index (χ4n) is 2.31. The van der Waals surface area contributed by atoms with Gasteiger partial charge in [0.15, 0.2) is 18.0 Å². The molecular weight excluding hydrogens is 407 g/mol. The van der Waals surface area contributed by atoms with Crippen LogP contribution in [0.1, 0.15) is 20.8 Å². The number of aldehydes is 1. The number of aromatic nitrogens is 1. The molecule has 0 aliphatic rings. The second kappa shape index (κ2) is 8.99. The molecule has 8 heteroatoms. The summed E-state index contributed by atoms with van der Waals surface area (Å²) in [5.74, 6) is 0.00762. The van der Waals surface area contributed by atoms with Gasteiger partial charge in [-0.15, -0.1) is 11.3 Å². The van der Waals surface area contributed by atoms with Crippen LogP contribution in [-0.2, 0) is 11.2 Å². The van der Waals surface area contributed by atoms with Gasteiger partial charge in [-0.25, -0.2) is 4.98 Å². The summed E-state index contributed by atoms with van der Waals surface area (Å²) in [6.07, 6.45) is 3.02. The van der Waals surface area contributed by atoms with Crippen LogP contribution in [-0.4, -0.2) is 23.8 Å². The minimum absolute atomic E-state index is 0.216. The molecule has 27 heavy (non-hydrogen) atoms. The lowest BCUT2D eigenvalue weighted by Gasteiger charge is -2.07. The Bertz CT molecular complexity index is 975. The highest BCUT2D eigenvalue weighted by Gasteiger charge is 2.10. The number of halogens is 2. The Morgan fingerprint density at radius 1 is 1.19 bits per heavy atom. The molecule has 3 rings (SSSR count). The molecule has 0 radical (unpaired) electrons. The van der Waals surface area contributed by atoms with Crippen molar-refractivity contribution in [2.24, 2.45) is 0 Å². The van der Waals surface area contributed by atoms with E-state index in [2.05, 4.69) is 10.3 Å². The highest BCUT2D eigenvalue weighted by atomic mass is 35.5. The van der Waals surface area contributed by atoms with Gasteiger partial charge in [0.2, 0.25) is 0 Å². The van der Waals surface area contributed by atoms with Crippen molar-refractivity contribution >= 4 is 51.9 Å². The Labute approximate surface area is 169 Å². The number of para-hydroxylation sites is 1. The molecule has 1 amide bonds. The van der Waals surface area contributed by atoms with Gasteiger partial charge in [0.25, 0.3) is 5.91 Å². The SMILES string of the molecule is O=Cc1ccccc1OCC(=O)Nc1ncc(Cc2ccc(Cl)c(Cl)c2)s1. The lowest BCUT2D eigenvalue weighted by Crippen LogP contribution is -2.20. The number of nitrogens with one attached hydrogen (secondary N) is 1. The highest BCUT2D eigenvalue weighted by Crippen LogP contribution is 2.26. The molecule has 0 atom stereocenters. The maximum absolute atomic E-state index is 12.0. The van der Waals surface area contributed by atoms with Gasteiger partial charge < -0.3 is 4.74 Å². The van der Waals surface area contributed by atoms with E-state index in [4.69, 9.17) is 27.9 Å². The number of benzene rings is 2. The van der Waals surface area contributed by atoms with E-state index < -0.39 is 0 Å². The summed E-state index contributed by atoms with van der Waals surface area (Å²) in [5.41, 5.74) is 1.39. The molecule has 5 nitrogen and oxygen atoms in total. The minimum Gasteiger partial charge on any atom is -0.483 e. The summed E-state index contributed by atoms with van der Waals surface area (Å²) in [6, 6.07) is 12.2. The maximum atomic E-state index is 12.0. The number of amides is 1. The van der Waals surface area contributed by atoms with Crippen LogP contribution in [0, 0.1) is 0 Å². The Kier molecular flexibility index (Phi) is 6.45. The zero-order chi connectivity index (χ0) is 19.2. The van der Waals surface area contributed by atoms with E-state index in [-0.39, 0.29) is 12.5 Å². The Morgan fingerprint density at radius 3 is 2.78 bits per heavy atom. The number of carbonyl (C=O) groups is 2. The monoisotopic (exact) mass is 420 g/mol. The lowest BCUT2D eigenvalue weighted by atomic mass is 10.1. The molecule has 1 N–H and O–H groups in total. The van der Waals surface area contributed by atoms with Crippen molar-refractivity contribution < 1.29 is 14.3 Å². The van der Waals surface area contributed by atoms with Gasteiger partial charge >= 0.3 is 0 Å². The van der Waals surface area contributed by atoms with E-state index in [0.717, 1.165) is 10.4 Å². The van der Waals surface area contributed by atoms with Crippen molar-refractivity contribution in [3.05, 3.63) is 74.7 Å². The molecule has 1 heterocycles. The smallest absolute Gasteiger partial charge is 0.264 e. The zero-order valence-electron chi connectivity index (χ0n) is 13.9. The molecule has 0 aliphatic carbocycles. The Hall–Kier alpha value is -2.41. The molecule has 1 aromatic heterocycles. The number of hydrogen-bond acceptors (Lipinski definition) is 5. The van der Waals surface area contributed by atoms with E-state index in [9.17, 15) is 9.59 Å². The topological polar surface area (TPSA) is 68.3 Å². The molecule has 138 valence electrons. The molecule has 3 aromatic rings. The zero-order valence-corrected chi connectivity index (χ0v) is 16.3. The van der Waals surface area contributed by atoms with Crippen LogP contribution >= 0.6 is 34.5 Å². The number of thiazole rings is 1. The first-order valence-electron chi connectivity index (χ1n) is 7.90. The molecule has 0 fully saturated rings. The normalized spacial score (nSPS) is 10.4. The maximum Gasteiger partial charge on any atom is 0.264 e. The molecule has 0 saturated heterocycles. The van der Waals surface area contributed by atoms with Crippen molar-refractivity contribution in [3.8, 4) is 5.75 Å². The second-order valence-electron chi connectivity index (χ2n) is 5.55. The van der Waals surface area contributed by atoms with Crippen LogP contribution in [0.5, 0.6) is 5.75 Å². The van der Waals surface area contributed by atoms with Gasteiger partial charge in [0.05, 0.1) is 15.6 Å². The number of carbonyl (C=O) groups excluding carboxylic acids is 2. The van der Waals surface area contributed by atoms with Gasteiger partial charge in [0, 0.05) is 17.5 Å². The summed E-state index contributed by atoms with van der Waals surface area (Å²) in [6.45, 7) is -0.216. The Balaban J connectivity index is 1.56. The van der Waals surface area contributed by atoms with Crippen LogP contribution in [0.2, 0.25) is 10.0 Å². The van der Waals surface area contributed by atoms with Crippen molar-refractivity contribution in [1.82, 2.24) is 4.98 Å². The number of ether oxygens (including phenoxy) is 1. The van der Waals surface area contributed by atoms with Gasteiger partial charge in [-0.05, 0) is 29.8 Å². The van der Waals surface area contributed by atoms with E-state index in [1.54, 1.807) is 42.6 Å². The quantitative estimate of drug-likeness (QED) is 0.553. The van der Waals surface area contributed by atoms with Gasteiger partial charge in [-0.1, -0.05) is 41.4 Å². The van der Waals surface area contributed by atoms with Crippen molar-refractivity contribution in [1.29, 1.82) is 0 Å². The summed E-state index contributed by atoms with van der Waals surface area (Å²) in [5, 5.41) is 4.17. The molecule has 0 bridgehead atoms. The fourth-order valence-corrected chi connectivity index (χ4v) is 3.49. The standard InChI is InChI=1S/C19H14Cl2N2O3S/c20-15-6-5-12(8-16(15)21)7-14-9-22-19(27-14)23-18(25)11-26-17-4-2-1-3-13(17)10-24/h1-6,8-10H,7,11H2,(H,22,23,25). The number of anilines is 1. The first-order valence-corrected chi connectivity index (χ1v) is 9.48. The van der Waals surface area contributed by atoms with Crippen LogP contribution in [0.25, 0.3) is 0 Å². The molecule has 0 aliphatic heterocycles. The van der Waals surface area contributed by atoms with Crippen molar-refractivity contribution in [3.63, 3.8) is 0 Å². The average molecular weight is 421 g/mol.